The minimum atomic E-state index is 0. The largest absolute Gasteiger partial charge is 0.385 e. The molecule has 1 N–H and O–H groups in total. The zero-order chi connectivity index (χ0) is 18.6. The van der Waals surface area contributed by atoms with Gasteiger partial charge < -0.3 is 19.7 Å². The van der Waals surface area contributed by atoms with Crippen molar-refractivity contribution >= 4 is 29.9 Å². The highest BCUT2D eigenvalue weighted by Gasteiger charge is 2.22. The van der Waals surface area contributed by atoms with E-state index < -0.39 is 0 Å². The number of likely N-dealkylation sites (tertiary alicyclic amines) is 1. The molecule has 1 saturated heterocycles. The molecular formula is C21H36IN3O2. The number of hydrogen-bond acceptors (Lipinski definition) is 3. The molecule has 2 rings (SSSR count). The van der Waals surface area contributed by atoms with E-state index in [2.05, 4.69) is 52.5 Å². The molecule has 1 heterocycles. The summed E-state index contributed by atoms with van der Waals surface area (Å²) in [4.78, 5) is 6.85. The fraction of sp³-hybridized carbons (Fsp3) is 0.667. The average molecular weight is 489 g/mol. The van der Waals surface area contributed by atoms with Crippen LogP contribution in [0.3, 0.4) is 0 Å². The molecule has 0 saturated carbocycles. The first-order valence-corrected chi connectivity index (χ1v) is 9.89. The first-order valence-electron chi connectivity index (χ1n) is 9.89. The lowest BCUT2D eigenvalue weighted by Gasteiger charge is -2.34. The third-order valence-electron chi connectivity index (χ3n) is 5.07. The van der Waals surface area contributed by atoms with E-state index in [4.69, 9.17) is 9.47 Å². The van der Waals surface area contributed by atoms with Crippen LogP contribution in [0.25, 0.3) is 0 Å². The maximum Gasteiger partial charge on any atom is 0.193 e. The summed E-state index contributed by atoms with van der Waals surface area (Å²) < 4.78 is 11.0. The zero-order valence-corrected chi connectivity index (χ0v) is 19.4. The second kappa shape index (κ2) is 14.2. The Kier molecular flexibility index (Phi) is 12.7. The van der Waals surface area contributed by atoms with Crippen molar-refractivity contribution in [2.45, 2.75) is 44.6 Å². The monoisotopic (exact) mass is 489 g/mol. The van der Waals surface area contributed by atoms with E-state index in [1.807, 2.05) is 7.05 Å². The molecule has 1 atom stereocenters. The quantitative estimate of drug-likeness (QED) is 0.248. The molecule has 1 aromatic carbocycles. The second-order valence-corrected chi connectivity index (χ2v) is 6.85. The van der Waals surface area contributed by atoms with Gasteiger partial charge in [-0.15, -0.1) is 24.0 Å². The Labute approximate surface area is 181 Å². The Hall–Kier alpha value is -0.860. The van der Waals surface area contributed by atoms with Crippen LogP contribution in [0.5, 0.6) is 0 Å². The molecule has 0 spiro atoms. The van der Waals surface area contributed by atoms with Crippen LogP contribution in [0.1, 0.15) is 44.1 Å². The van der Waals surface area contributed by atoms with Crippen molar-refractivity contribution in [1.82, 2.24) is 10.2 Å². The van der Waals surface area contributed by atoms with Crippen LogP contribution in [-0.2, 0) is 9.47 Å². The summed E-state index contributed by atoms with van der Waals surface area (Å²) >= 11 is 0. The van der Waals surface area contributed by atoms with E-state index in [0.717, 1.165) is 64.5 Å². The van der Waals surface area contributed by atoms with Crippen LogP contribution in [0.15, 0.2) is 35.3 Å². The lowest BCUT2D eigenvalue weighted by atomic mass is 9.96. The number of aliphatic imine (C=N–C) groups is 1. The molecule has 1 unspecified atom stereocenters. The Balaban J connectivity index is 0.00000364. The van der Waals surface area contributed by atoms with Crippen LogP contribution in [0.4, 0.5) is 0 Å². The van der Waals surface area contributed by atoms with Crippen LogP contribution >= 0.6 is 24.0 Å². The number of methoxy groups -OCH3 is 1. The Morgan fingerprint density at radius 2 is 1.93 bits per heavy atom. The molecule has 5 nitrogen and oxygen atoms in total. The van der Waals surface area contributed by atoms with E-state index >= 15 is 0 Å². The Bertz CT molecular complexity index is 519. The van der Waals surface area contributed by atoms with Crippen LogP contribution < -0.4 is 5.32 Å². The van der Waals surface area contributed by atoms with Crippen LogP contribution in [0.2, 0.25) is 0 Å². The third-order valence-corrected chi connectivity index (χ3v) is 5.07. The summed E-state index contributed by atoms with van der Waals surface area (Å²) in [6.07, 6.45) is 4.57. The molecule has 1 aromatic rings. The Morgan fingerprint density at radius 1 is 1.22 bits per heavy atom. The van der Waals surface area contributed by atoms with Crippen molar-refractivity contribution in [3.05, 3.63) is 35.9 Å². The third kappa shape index (κ3) is 8.35. The molecule has 27 heavy (non-hydrogen) atoms. The number of piperidine rings is 1. The number of halogens is 1. The highest BCUT2D eigenvalue weighted by Crippen LogP contribution is 2.19. The summed E-state index contributed by atoms with van der Waals surface area (Å²) in [5.74, 6) is 1.52. The average Bonchev–Trinajstić information content (AvgIpc) is 2.70. The maximum absolute atomic E-state index is 5.95. The standard InChI is InChI=1S/C21H35N3O2.HI/c1-4-18(19-9-6-5-7-10-19)17-23-21(22-2)24-13-11-20(12-14-24)26-16-8-15-25-3;/h5-7,9-10,18,20H,4,8,11-17H2,1-3H3,(H,22,23);1H. The number of guanidine groups is 1. The van der Waals surface area contributed by atoms with Gasteiger partial charge in [0.1, 0.15) is 0 Å². The molecule has 0 amide bonds. The topological polar surface area (TPSA) is 46.1 Å². The summed E-state index contributed by atoms with van der Waals surface area (Å²) in [5, 5.41) is 3.58. The smallest absolute Gasteiger partial charge is 0.193 e. The van der Waals surface area contributed by atoms with Gasteiger partial charge in [-0.2, -0.15) is 0 Å². The number of benzene rings is 1. The first-order chi connectivity index (χ1) is 12.8. The zero-order valence-electron chi connectivity index (χ0n) is 17.0. The van der Waals surface area contributed by atoms with E-state index in [9.17, 15) is 0 Å². The van der Waals surface area contributed by atoms with Gasteiger partial charge in [0.15, 0.2) is 5.96 Å². The lowest BCUT2D eigenvalue weighted by Crippen LogP contribution is -2.47. The molecule has 1 aliphatic heterocycles. The minimum Gasteiger partial charge on any atom is -0.385 e. The second-order valence-electron chi connectivity index (χ2n) is 6.85. The molecule has 0 radical (unpaired) electrons. The highest BCUT2D eigenvalue weighted by atomic mass is 127. The number of hydrogen-bond donors (Lipinski definition) is 1. The number of ether oxygens (including phenoxy) is 2. The first kappa shape index (κ1) is 24.2. The van der Waals surface area contributed by atoms with Gasteiger partial charge in [-0.05, 0) is 31.2 Å². The van der Waals surface area contributed by atoms with Crippen molar-refractivity contribution in [3.63, 3.8) is 0 Å². The molecular weight excluding hydrogens is 453 g/mol. The van der Waals surface area contributed by atoms with Crippen LogP contribution in [0, 0.1) is 0 Å². The molecule has 6 heteroatoms. The van der Waals surface area contributed by atoms with Crippen molar-refractivity contribution in [2.75, 3.05) is 47.0 Å². The molecule has 1 fully saturated rings. The van der Waals surface area contributed by atoms with E-state index in [0.29, 0.717) is 12.0 Å². The number of nitrogens with one attached hydrogen (secondary N) is 1. The summed E-state index contributed by atoms with van der Waals surface area (Å²) in [7, 11) is 3.61. The van der Waals surface area contributed by atoms with Gasteiger partial charge in [-0.25, -0.2) is 0 Å². The van der Waals surface area contributed by atoms with Gasteiger partial charge in [0.2, 0.25) is 0 Å². The minimum absolute atomic E-state index is 0. The van der Waals surface area contributed by atoms with Gasteiger partial charge in [-0.3, -0.25) is 4.99 Å². The van der Waals surface area contributed by atoms with Crippen molar-refractivity contribution < 1.29 is 9.47 Å². The van der Waals surface area contributed by atoms with Crippen LogP contribution in [-0.4, -0.2) is 64.0 Å². The predicted octanol–water partition coefficient (Wildman–Crippen LogP) is 3.89. The maximum atomic E-state index is 5.95. The Morgan fingerprint density at radius 3 is 2.52 bits per heavy atom. The predicted molar refractivity (Wildman–Crippen MR) is 123 cm³/mol. The van der Waals surface area contributed by atoms with Gasteiger partial charge in [0.05, 0.1) is 6.10 Å². The summed E-state index contributed by atoms with van der Waals surface area (Å²) in [6.45, 7) is 6.72. The summed E-state index contributed by atoms with van der Waals surface area (Å²) in [5.41, 5.74) is 1.39. The number of rotatable bonds is 9. The van der Waals surface area contributed by atoms with Crippen molar-refractivity contribution in [3.8, 4) is 0 Å². The van der Waals surface area contributed by atoms with Gasteiger partial charge in [0, 0.05) is 52.9 Å². The fourth-order valence-electron chi connectivity index (χ4n) is 3.46. The van der Waals surface area contributed by atoms with E-state index in [1.165, 1.54) is 5.56 Å². The highest BCUT2D eigenvalue weighted by molar-refractivity contribution is 14.0. The molecule has 0 aromatic heterocycles. The van der Waals surface area contributed by atoms with E-state index in [-0.39, 0.29) is 24.0 Å². The lowest BCUT2D eigenvalue weighted by molar-refractivity contribution is 0.00990. The summed E-state index contributed by atoms with van der Waals surface area (Å²) in [6, 6.07) is 10.7. The molecule has 0 bridgehead atoms. The van der Waals surface area contributed by atoms with Crippen molar-refractivity contribution in [1.29, 1.82) is 0 Å². The fourth-order valence-corrected chi connectivity index (χ4v) is 3.46. The molecule has 154 valence electrons. The van der Waals surface area contributed by atoms with E-state index in [1.54, 1.807) is 7.11 Å². The van der Waals surface area contributed by atoms with Gasteiger partial charge >= 0.3 is 0 Å². The van der Waals surface area contributed by atoms with Crippen molar-refractivity contribution in [2.24, 2.45) is 4.99 Å². The molecule has 0 aliphatic carbocycles. The molecule has 1 aliphatic rings. The van der Waals surface area contributed by atoms with Gasteiger partial charge in [-0.1, -0.05) is 37.3 Å². The number of nitrogens with zero attached hydrogens (tertiary/aromatic N) is 2. The SMILES string of the molecule is CCC(CNC(=NC)N1CCC(OCCCOC)CC1)c1ccccc1.I. The van der Waals surface area contributed by atoms with Gasteiger partial charge in [0.25, 0.3) is 0 Å². The normalized spacial score (nSPS) is 16.7.